The third-order valence-corrected chi connectivity index (χ3v) is 1.96. The summed E-state index contributed by atoms with van der Waals surface area (Å²) in [6.45, 7) is 1.55. The van der Waals surface area contributed by atoms with Gasteiger partial charge >= 0.3 is 0 Å². The minimum atomic E-state index is 0.523. The number of anilines is 1. The van der Waals surface area contributed by atoms with E-state index in [1.54, 1.807) is 6.20 Å². The molecule has 12 heavy (non-hydrogen) atoms. The van der Waals surface area contributed by atoms with Gasteiger partial charge in [-0.2, -0.15) is 0 Å². The van der Waals surface area contributed by atoms with Gasteiger partial charge in [0, 0.05) is 18.9 Å². The van der Waals surface area contributed by atoms with Gasteiger partial charge in [0.05, 0.1) is 12.7 Å². The van der Waals surface area contributed by atoms with Gasteiger partial charge < -0.3 is 15.0 Å². The molecule has 1 saturated carbocycles. The summed E-state index contributed by atoms with van der Waals surface area (Å²) in [5.41, 5.74) is 5.57. The molecular weight excluding hydrogens is 154 g/mol. The van der Waals surface area contributed by atoms with Crippen LogP contribution in [0, 0.1) is 0 Å². The first-order valence-electron chi connectivity index (χ1n) is 4.24. The van der Waals surface area contributed by atoms with Gasteiger partial charge in [-0.05, 0) is 12.8 Å². The summed E-state index contributed by atoms with van der Waals surface area (Å²) in [6, 6.07) is 0. The molecule has 1 fully saturated rings. The number of nitrogens with zero attached hydrogens (tertiary/aromatic N) is 2. The van der Waals surface area contributed by atoms with E-state index in [1.165, 1.54) is 12.8 Å². The Hall–Kier alpha value is -1.03. The molecule has 0 atom stereocenters. The maximum absolute atomic E-state index is 5.57. The van der Waals surface area contributed by atoms with Crippen molar-refractivity contribution in [3.8, 4) is 0 Å². The molecule has 1 aromatic heterocycles. The molecule has 0 aromatic carbocycles. The number of nitrogen functional groups attached to an aromatic ring is 1. The van der Waals surface area contributed by atoms with Crippen LogP contribution in [0.5, 0.6) is 0 Å². The minimum absolute atomic E-state index is 0.523. The molecule has 66 valence electrons. The molecule has 4 heteroatoms. The predicted octanol–water partition coefficient (Wildman–Crippen LogP) is 0.644. The second-order valence-corrected chi connectivity index (χ2v) is 3.05. The first-order chi connectivity index (χ1) is 5.86. The summed E-state index contributed by atoms with van der Waals surface area (Å²) in [4.78, 5) is 3.92. The molecule has 0 spiro atoms. The molecule has 0 saturated heterocycles. The van der Waals surface area contributed by atoms with Crippen molar-refractivity contribution in [1.82, 2.24) is 9.55 Å². The van der Waals surface area contributed by atoms with Crippen molar-refractivity contribution in [2.75, 3.05) is 12.3 Å². The largest absolute Gasteiger partial charge is 0.376 e. The monoisotopic (exact) mass is 167 g/mol. The summed E-state index contributed by atoms with van der Waals surface area (Å²) >= 11 is 0. The molecule has 1 aromatic rings. The van der Waals surface area contributed by atoms with Crippen LogP contribution >= 0.6 is 0 Å². The van der Waals surface area contributed by atoms with Gasteiger partial charge in [0.2, 0.25) is 0 Å². The van der Waals surface area contributed by atoms with Gasteiger partial charge in [0.1, 0.15) is 0 Å². The molecule has 1 aliphatic carbocycles. The van der Waals surface area contributed by atoms with E-state index >= 15 is 0 Å². The molecule has 0 unspecified atom stereocenters. The van der Waals surface area contributed by atoms with E-state index in [0.717, 1.165) is 13.2 Å². The quantitative estimate of drug-likeness (QED) is 0.716. The van der Waals surface area contributed by atoms with Crippen molar-refractivity contribution in [1.29, 1.82) is 0 Å². The van der Waals surface area contributed by atoms with Gasteiger partial charge in [-0.15, -0.1) is 0 Å². The molecule has 4 nitrogen and oxygen atoms in total. The van der Waals surface area contributed by atoms with E-state index in [9.17, 15) is 0 Å². The highest BCUT2D eigenvalue weighted by molar-refractivity contribution is 5.16. The van der Waals surface area contributed by atoms with E-state index < -0.39 is 0 Å². The average Bonchev–Trinajstić information content (AvgIpc) is 2.78. The van der Waals surface area contributed by atoms with Crippen molar-refractivity contribution >= 4 is 5.95 Å². The van der Waals surface area contributed by atoms with Crippen LogP contribution in [0.4, 0.5) is 5.95 Å². The third-order valence-electron chi connectivity index (χ3n) is 1.96. The second-order valence-electron chi connectivity index (χ2n) is 3.05. The fourth-order valence-electron chi connectivity index (χ4n) is 1.08. The fourth-order valence-corrected chi connectivity index (χ4v) is 1.08. The van der Waals surface area contributed by atoms with E-state index in [0.29, 0.717) is 12.1 Å². The highest BCUT2D eigenvalue weighted by atomic mass is 16.5. The average molecular weight is 167 g/mol. The van der Waals surface area contributed by atoms with Gasteiger partial charge in [-0.3, -0.25) is 0 Å². The van der Waals surface area contributed by atoms with Crippen LogP contribution in [0.2, 0.25) is 0 Å². The number of ether oxygens (including phenoxy) is 1. The van der Waals surface area contributed by atoms with E-state index in [4.69, 9.17) is 10.5 Å². The Balaban J connectivity index is 1.75. The number of hydrogen-bond acceptors (Lipinski definition) is 3. The number of nitrogens with two attached hydrogens (primary N) is 1. The molecule has 1 aliphatic rings. The van der Waals surface area contributed by atoms with Gasteiger partial charge in [0.25, 0.3) is 0 Å². The lowest BCUT2D eigenvalue weighted by molar-refractivity contribution is 0.112. The zero-order valence-electron chi connectivity index (χ0n) is 6.94. The summed E-state index contributed by atoms with van der Waals surface area (Å²) < 4.78 is 7.37. The molecule has 0 bridgehead atoms. The lowest BCUT2D eigenvalue weighted by Crippen LogP contribution is -2.08. The lowest BCUT2D eigenvalue weighted by atomic mass is 10.6. The summed E-state index contributed by atoms with van der Waals surface area (Å²) in [7, 11) is 0. The number of hydrogen-bond donors (Lipinski definition) is 1. The van der Waals surface area contributed by atoms with Crippen LogP contribution in [0.3, 0.4) is 0 Å². The van der Waals surface area contributed by atoms with Crippen molar-refractivity contribution in [2.24, 2.45) is 0 Å². The van der Waals surface area contributed by atoms with E-state index in [-0.39, 0.29) is 0 Å². The normalized spacial score (nSPS) is 16.7. The summed E-state index contributed by atoms with van der Waals surface area (Å²) in [5, 5.41) is 0. The second kappa shape index (κ2) is 3.15. The fraction of sp³-hybridized carbons (Fsp3) is 0.625. The molecular formula is C8H13N3O. The smallest absolute Gasteiger partial charge is 0.200 e. The highest BCUT2D eigenvalue weighted by Gasteiger charge is 2.21. The van der Waals surface area contributed by atoms with E-state index in [1.807, 2.05) is 10.8 Å². The SMILES string of the molecule is Nc1nccn1CCOC1CC1. The van der Waals surface area contributed by atoms with Gasteiger partial charge in [-0.25, -0.2) is 4.98 Å². The number of imidazole rings is 1. The third kappa shape index (κ3) is 1.76. The number of aromatic nitrogens is 2. The predicted molar refractivity (Wildman–Crippen MR) is 45.6 cm³/mol. The Labute approximate surface area is 71.3 Å². The Morgan fingerprint density at radius 1 is 1.67 bits per heavy atom. The van der Waals surface area contributed by atoms with Crippen LogP contribution in [0.1, 0.15) is 12.8 Å². The van der Waals surface area contributed by atoms with Gasteiger partial charge in [0.15, 0.2) is 5.95 Å². The minimum Gasteiger partial charge on any atom is -0.376 e. The van der Waals surface area contributed by atoms with Crippen molar-refractivity contribution in [3.05, 3.63) is 12.4 Å². The Morgan fingerprint density at radius 3 is 3.08 bits per heavy atom. The number of rotatable bonds is 4. The zero-order valence-corrected chi connectivity index (χ0v) is 6.94. The standard InChI is InChI=1S/C8H13N3O/c9-8-10-3-4-11(8)5-6-12-7-1-2-7/h3-4,7H,1-2,5-6H2,(H2,9,10). The highest BCUT2D eigenvalue weighted by Crippen LogP contribution is 2.23. The van der Waals surface area contributed by atoms with Crippen LogP contribution in [-0.4, -0.2) is 22.3 Å². The summed E-state index contributed by atoms with van der Waals surface area (Å²) in [6.07, 6.45) is 6.53. The first kappa shape index (κ1) is 7.61. The van der Waals surface area contributed by atoms with Crippen molar-refractivity contribution in [2.45, 2.75) is 25.5 Å². The van der Waals surface area contributed by atoms with E-state index in [2.05, 4.69) is 4.98 Å². The van der Waals surface area contributed by atoms with Crippen molar-refractivity contribution < 1.29 is 4.74 Å². The molecule has 0 aliphatic heterocycles. The van der Waals surface area contributed by atoms with Gasteiger partial charge in [-0.1, -0.05) is 0 Å². The van der Waals surface area contributed by atoms with Crippen LogP contribution in [0.15, 0.2) is 12.4 Å². The molecule has 1 heterocycles. The molecule has 0 amide bonds. The maximum Gasteiger partial charge on any atom is 0.200 e. The Morgan fingerprint density at radius 2 is 2.50 bits per heavy atom. The van der Waals surface area contributed by atoms with Crippen LogP contribution < -0.4 is 5.73 Å². The Bertz CT molecular complexity index is 255. The molecule has 2 N–H and O–H groups in total. The molecule has 2 rings (SSSR count). The Kier molecular flexibility index (Phi) is 1.99. The topological polar surface area (TPSA) is 53.1 Å². The maximum atomic E-state index is 5.57. The summed E-state index contributed by atoms with van der Waals surface area (Å²) in [5.74, 6) is 0.564. The van der Waals surface area contributed by atoms with Crippen molar-refractivity contribution in [3.63, 3.8) is 0 Å². The van der Waals surface area contributed by atoms with Crippen LogP contribution in [-0.2, 0) is 11.3 Å². The zero-order chi connectivity index (χ0) is 8.39. The lowest BCUT2D eigenvalue weighted by Gasteiger charge is -2.04. The molecule has 0 radical (unpaired) electrons. The first-order valence-corrected chi connectivity index (χ1v) is 4.24. The van der Waals surface area contributed by atoms with Crippen LogP contribution in [0.25, 0.3) is 0 Å².